The molecule has 0 aliphatic carbocycles. The van der Waals surface area contributed by atoms with Crippen molar-refractivity contribution < 1.29 is 62.0 Å². The third-order valence-corrected chi connectivity index (χ3v) is 2.03. The van der Waals surface area contributed by atoms with Crippen molar-refractivity contribution in [3.8, 4) is 0 Å². The summed E-state index contributed by atoms with van der Waals surface area (Å²) in [6, 6.07) is 0. The van der Waals surface area contributed by atoms with Crippen LogP contribution in [0.1, 0.15) is 6.92 Å². The van der Waals surface area contributed by atoms with Gasteiger partial charge in [-0.25, -0.2) is 0 Å². The molecule has 95 valence electrons. The summed E-state index contributed by atoms with van der Waals surface area (Å²) in [5, 5.41) is 31.2. The van der Waals surface area contributed by atoms with Gasteiger partial charge in [-0.2, -0.15) is 0 Å². The van der Waals surface area contributed by atoms with Crippen molar-refractivity contribution in [1.29, 1.82) is 0 Å². The summed E-state index contributed by atoms with van der Waals surface area (Å²) in [4.78, 5) is 20.1. The minimum atomic E-state index is -5.22. The summed E-state index contributed by atoms with van der Waals surface area (Å²) in [5.74, 6) is -1.31. The van der Waals surface area contributed by atoms with E-state index >= 15 is 0 Å². The predicted octanol–water partition coefficient (Wildman–Crippen LogP) is -1.53. The molecule has 0 spiro atoms. The number of carbonyl (C=O) groups excluding carboxylic acids is 1. The number of rotatable bonds is 5. The Morgan fingerprint density at radius 2 is 1.81 bits per heavy atom. The van der Waals surface area contributed by atoms with Crippen LogP contribution in [0.5, 0.6) is 0 Å². The predicted molar refractivity (Wildman–Crippen MR) is 39.2 cm³/mol. The van der Waals surface area contributed by atoms with E-state index in [0.717, 1.165) is 6.92 Å². The van der Waals surface area contributed by atoms with Crippen molar-refractivity contribution in [3.05, 3.63) is 0 Å². The molecule has 0 aromatic heterocycles. The first-order valence-electron chi connectivity index (χ1n) is 3.57. The van der Waals surface area contributed by atoms with Crippen molar-refractivity contribution in [1.82, 2.24) is 0 Å². The van der Waals surface area contributed by atoms with Crippen molar-refractivity contribution in [2.45, 2.75) is 6.92 Å². The van der Waals surface area contributed by atoms with Crippen molar-refractivity contribution >= 4 is 12.3 Å². The second kappa shape index (κ2) is 7.65. The van der Waals surface area contributed by atoms with E-state index in [1.165, 1.54) is 0 Å². The van der Waals surface area contributed by atoms with Crippen LogP contribution in [0.15, 0.2) is 0 Å². The maximum absolute atomic E-state index is 10.1. The molecule has 0 aliphatic heterocycles. The second-order valence-corrected chi connectivity index (χ2v) is 4.91. The molecule has 16 heavy (non-hydrogen) atoms. The summed E-state index contributed by atoms with van der Waals surface area (Å²) in [7, 11) is 0. The fraction of sp³-hybridized carbons (Fsp3) is 0.600. The van der Waals surface area contributed by atoms with Crippen LogP contribution in [-0.2, 0) is 37.6 Å². The number of carbonyl (C=O) groups is 2. The van der Waals surface area contributed by atoms with E-state index in [0.29, 0.717) is 0 Å². The van der Waals surface area contributed by atoms with Gasteiger partial charge in [-0.05, 0) is 6.92 Å². The van der Waals surface area contributed by atoms with Crippen LogP contribution in [-0.4, -0.2) is 43.3 Å². The molecule has 0 saturated carbocycles. The molecule has 0 heterocycles. The molecule has 11 heteroatoms. The zero-order valence-corrected chi connectivity index (χ0v) is 9.62. The maximum atomic E-state index is 10.1. The van der Waals surface area contributed by atoms with E-state index in [2.05, 4.69) is 6.94 Å². The summed E-state index contributed by atoms with van der Waals surface area (Å²) in [6.07, 6.45) is 0.218. The van der Waals surface area contributed by atoms with Crippen molar-refractivity contribution in [2.24, 2.45) is 5.41 Å². The Balaban J connectivity index is 0. The Labute approximate surface area is 93.6 Å². The van der Waals surface area contributed by atoms with E-state index in [4.69, 9.17) is 24.4 Å². The van der Waals surface area contributed by atoms with Crippen LogP contribution >= 0.6 is 0 Å². The van der Waals surface area contributed by atoms with Gasteiger partial charge >= 0.3 is 48.2 Å². The van der Waals surface area contributed by atoms with Crippen LogP contribution < -0.4 is 0 Å². The van der Waals surface area contributed by atoms with Gasteiger partial charge < -0.3 is 15.0 Å². The number of carboxylic acids is 1. The van der Waals surface area contributed by atoms with E-state index in [9.17, 15) is 12.9 Å². The van der Waals surface area contributed by atoms with Gasteiger partial charge in [-0.15, -0.1) is 0 Å². The van der Waals surface area contributed by atoms with Crippen LogP contribution in [0.2, 0.25) is 0 Å². The van der Waals surface area contributed by atoms with Crippen LogP contribution in [0.3, 0.4) is 0 Å². The summed E-state index contributed by atoms with van der Waals surface area (Å²) >= 11 is -5.22. The topological polar surface area (TPSA) is 171 Å². The van der Waals surface area contributed by atoms with Crippen molar-refractivity contribution in [2.75, 3.05) is 6.61 Å². The molecule has 1 atom stereocenters. The van der Waals surface area contributed by atoms with E-state index in [1.807, 2.05) is 0 Å². The first-order chi connectivity index (χ1) is 7.19. The van der Waals surface area contributed by atoms with E-state index in [-0.39, 0.29) is 6.29 Å². The van der Waals surface area contributed by atoms with Gasteiger partial charge in [0, 0.05) is 0 Å². The fourth-order valence-electron chi connectivity index (χ4n) is 0.172. The number of aldehydes is 1. The average Bonchev–Trinajstić information content (AvgIpc) is 2.28. The van der Waals surface area contributed by atoms with Crippen LogP contribution in [0.25, 0.3) is 0 Å². The molecule has 0 aromatic carbocycles. The fourth-order valence-corrected chi connectivity index (χ4v) is 0.224. The Bertz CT molecular complexity index is 268. The molecule has 0 aliphatic rings. The van der Waals surface area contributed by atoms with Gasteiger partial charge in [-0.3, -0.25) is 4.79 Å². The molecule has 0 amide bonds. The molecule has 0 rings (SSSR count). The van der Waals surface area contributed by atoms with E-state index < -0.39 is 35.7 Å². The minimum absolute atomic E-state index is 0.218. The normalized spacial score (nSPS) is 14.3. The Morgan fingerprint density at radius 1 is 1.44 bits per heavy atom. The number of hydrogen-bond acceptors (Lipinski definition) is 8. The summed E-state index contributed by atoms with van der Waals surface area (Å²) in [6.45, 7) is 0.494. The molecule has 1 unspecified atom stereocenters. The first-order valence-corrected chi connectivity index (χ1v) is 6.18. The Hall–Kier alpha value is -0.586. The zero-order chi connectivity index (χ0) is 13.4. The van der Waals surface area contributed by atoms with Gasteiger partial charge in [-0.1, -0.05) is 0 Å². The molecule has 0 fully saturated rings. The summed E-state index contributed by atoms with van der Waals surface area (Å²) < 4.78 is 23.1. The quantitative estimate of drug-likeness (QED) is 0.131. The standard InChI is InChI=1S/C5H8O4.2H2O2.H2O.O.Ti/c1-5(2-6,3-7)4(8)9;2*1-2;;;/h2,7H,3H2,1H3,(H,8,9);2*1-2H;1H2;;/q;;;;;+3/p-3. The van der Waals surface area contributed by atoms with Crippen molar-refractivity contribution in [3.63, 3.8) is 0 Å². The third-order valence-electron chi connectivity index (χ3n) is 1.31. The first kappa shape index (κ1) is 17.8. The SMILES string of the molecule is CC(C=O)(CO)C(=O)O.[O]=[Ti]([OH])([O]O)[O]O. The molecule has 0 aromatic rings. The van der Waals surface area contributed by atoms with Gasteiger partial charge in [0.1, 0.15) is 11.7 Å². The number of aliphatic carboxylic acids is 1. The molecule has 0 radical (unpaired) electrons. The zero-order valence-electron chi connectivity index (χ0n) is 8.06. The van der Waals surface area contributed by atoms with Crippen LogP contribution in [0, 0.1) is 5.41 Å². The van der Waals surface area contributed by atoms with Gasteiger partial charge in [0.05, 0.1) is 6.61 Å². The summed E-state index contributed by atoms with van der Waals surface area (Å²) in [5.41, 5.74) is -1.62. The van der Waals surface area contributed by atoms with Gasteiger partial charge in [0.15, 0.2) is 0 Å². The Morgan fingerprint density at radius 3 is 1.81 bits per heavy atom. The molecule has 5 N–H and O–H groups in total. The molecule has 0 saturated heterocycles. The molecular formula is C5H11O10Ti. The molecule has 0 bridgehead atoms. The third kappa shape index (κ3) is 6.82. The molecule has 10 nitrogen and oxygen atoms in total. The Kier molecular flexibility index (Phi) is 8.51. The number of aliphatic hydroxyl groups excluding tert-OH is 1. The average molecular weight is 279 g/mol. The van der Waals surface area contributed by atoms with E-state index in [1.54, 1.807) is 0 Å². The second-order valence-electron chi connectivity index (χ2n) is 2.71. The number of carboxylic acid groups (broad SMARTS) is 1. The number of aliphatic hydroxyl groups is 1. The number of hydrogen-bond donors (Lipinski definition) is 5. The monoisotopic (exact) mass is 279 g/mol. The van der Waals surface area contributed by atoms with Crippen LogP contribution in [0.4, 0.5) is 0 Å². The molecular weight excluding hydrogens is 268 g/mol. The van der Waals surface area contributed by atoms with Gasteiger partial charge in [0.2, 0.25) is 0 Å². The van der Waals surface area contributed by atoms with Gasteiger partial charge in [0.25, 0.3) is 0 Å².